The number of hydrogen-bond donors (Lipinski definition) is 1. The van der Waals surface area contributed by atoms with E-state index in [2.05, 4.69) is 5.73 Å². The van der Waals surface area contributed by atoms with Crippen LogP contribution in [0.15, 0.2) is 29.2 Å². The smallest absolute Gasteiger partial charge is 0.243 e. The van der Waals surface area contributed by atoms with E-state index in [1.54, 1.807) is 12.1 Å². The van der Waals surface area contributed by atoms with Gasteiger partial charge in [-0.1, -0.05) is 12.1 Å². The van der Waals surface area contributed by atoms with Crippen molar-refractivity contribution in [3.8, 4) is 0 Å². The van der Waals surface area contributed by atoms with Crippen molar-refractivity contribution in [3.63, 3.8) is 0 Å². The summed E-state index contributed by atoms with van der Waals surface area (Å²) in [4.78, 5) is 0.359. The molecule has 1 aromatic rings. The van der Waals surface area contributed by atoms with Crippen molar-refractivity contribution in [2.24, 2.45) is 0 Å². The number of ether oxygens (including phenoxy) is 1. The Kier molecular flexibility index (Phi) is 4.34. The second-order valence-electron chi connectivity index (χ2n) is 4.26. The third-order valence-electron chi connectivity index (χ3n) is 3.00. The van der Waals surface area contributed by atoms with Crippen LogP contribution in [0.3, 0.4) is 0 Å². The fourth-order valence-corrected chi connectivity index (χ4v) is 3.38. The predicted octanol–water partition coefficient (Wildman–Crippen LogP) is -0.508. The summed E-state index contributed by atoms with van der Waals surface area (Å²) in [5.74, 6) is 0. The minimum absolute atomic E-state index is 0.359. The molecule has 1 aliphatic heterocycles. The molecule has 1 aliphatic rings. The second-order valence-corrected chi connectivity index (χ2v) is 6.20. The highest BCUT2D eigenvalue weighted by Crippen LogP contribution is 2.17. The van der Waals surface area contributed by atoms with Crippen LogP contribution in [-0.4, -0.2) is 45.6 Å². The first-order chi connectivity index (χ1) is 8.64. The van der Waals surface area contributed by atoms with Crippen LogP contribution in [0.1, 0.15) is 5.56 Å². The van der Waals surface area contributed by atoms with Gasteiger partial charge in [-0.15, -0.1) is 0 Å². The van der Waals surface area contributed by atoms with Crippen LogP contribution < -0.4 is 5.73 Å². The van der Waals surface area contributed by atoms with Crippen LogP contribution in [0, 0.1) is 0 Å². The lowest BCUT2D eigenvalue weighted by molar-refractivity contribution is -0.366. The normalized spacial score (nSPS) is 17.8. The Bertz CT molecular complexity index is 479. The summed E-state index contributed by atoms with van der Waals surface area (Å²) in [5, 5.41) is 0. The van der Waals surface area contributed by atoms with Gasteiger partial charge in [0.05, 0.1) is 24.7 Å². The number of morpholine rings is 1. The zero-order chi connectivity index (χ0) is 13.0. The van der Waals surface area contributed by atoms with Gasteiger partial charge in [0.15, 0.2) is 0 Å². The van der Waals surface area contributed by atoms with Crippen molar-refractivity contribution >= 4 is 10.0 Å². The third kappa shape index (κ3) is 2.89. The second kappa shape index (κ2) is 5.79. The van der Waals surface area contributed by atoms with E-state index in [-0.39, 0.29) is 0 Å². The quantitative estimate of drug-likeness (QED) is 0.801. The van der Waals surface area contributed by atoms with Crippen LogP contribution in [0.25, 0.3) is 0 Å². The molecule has 2 rings (SSSR count). The van der Waals surface area contributed by atoms with Crippen molar-refractivity contribution in [1.29, 1.82) is 0 Å². The highest BCUT2D eigenvalue weighted by atomic mass is 32.2. The topological polar surface area (TPSA) is 74.2 Å². The Hall–Kier alpha value is -0.950. The Morgan fingerprint density at radius 2 is 1.78 bits per heavy atom. The first-order valence-electron chi connectivity index (χ1n) is 6.10. The molecule has 1 aromatic carbocycles. The Morgan fingerprint density at radius 1 is 1.17 bits per heavy atom. The lowest BCUT2D eigenvalue weighted by Crippen LogP contribution is -2.51. The maximum absolute atomic E-state index is 12.3. The maximum Gasteiger partial charge on any atom is 0.243 e. The number of sulfonamides is 1. The Morgan fingerprint density at radius 3 is 2.33 bits per heavy atom. The Balaban J connectivity index is 2.18. The summed E-state index contributed by atoms with van der Waals surface area (Å²) >= 11 is 0. The molecule has 0 atom stereocenters. The Labute approximate surface area is 108 Å². The van der Waals surface area contributed by atoms with E-state index >= 15 is 0 Å². The number of quaternary nitrogens is 1. The summed E-state index contributed by atoms with van der Waals surface area (Å²) in [7, 11) is -3.36. The molecule has 1 heterocycles. The molecule has 0 aliphatic carbocycles. The standard InChI is InChI=1S/C12H18N2O3S/c13-6-5-11-1-3-12(4-2-11)18(15,16)14-7-9-17-10-8-14/h1-4H,5-10,13H2/p+1. The van der Waals surface area contributed by atoms with E-state index in [0.29, 0.717) is 31.2 Å². The van der Waals surface area contributed by atoms with Crippen molar-refractivity contribution in [2.45, 2.75) is 11.3 Å². The first-order valence-corrected chi connectivity index (χ1v) is 7.54. The van der Waals surface area contributed by atoms with E-state index < -0.39 is 10.0 Å². The fraction of sp³-hybridized carbons (Fsp3) is 0.500. The molecule has 18 heavy (non-hydrogen) atoms. The van der Waals surface area contributed by atoms with Gasteiger partial charge in [0.2, 0.25) is 10.0 Å². The SMILES string of the molecule is [NH3+]CCc1ccc(S(=O)(=O)N2CCOCC2)cc1. The van der Waals surface area contributed by atoms with Crippen LogP contribution >= 0.6 is 0 Å². The van der Waals surface area contributed by atoms with Gasteiger partial charge in [0.1, 0.15) is 0 Å². The molecule has 1 saturated heterocycles. The largest absolute Gasteiger partial charge is 0.379 e. The molecule has 6 heteroatoms. The molecule has 0 radical (unpaired) electrons. The van der Waals surface area contributed by atoms with Crippen molar-refractivity contribution < 1.29 is 18.9 Å². The van der Waals surface area contributed by atoms with E-state index in [4.69, 9.17) is 4.74 Å². The average molecular weight is 271 g/mol. The molecule has 0 bridgehead atoms. The van der Waals surface area contributed by atoms with Crippen LogP contribution in [0.5, 0.6) is 0 Å². The highest BCUT2D eigenvalue weighted by molar-refractivity contribution is 7.89. The van der Waals surface area contributed by atoms with Crippen LogP contribution in [-0.2, 0) is 21.2 Å². The van der Waals surface area contributed by atoms with Gasteiger partial charge < -0.3 is 10.5 Å². The molecule has 100 valence electrons. The van der Waals surface area contributed by atoms with Gasteiger partial charge in [-0.3, -0.25) is 0 Å². The van der Waals surface area contributed by atoms with Gasteiger partial charge >= 0.3 is 0 Å². The van der Waals surface area contributed by atoms with Crippen molar-refractivity contribution in [2.75, 3.05) is 32.8 Å². The fourth-order valence-electron chi connectivity index (χ4n) is 1.97. The molecule has 0 spiro atoms. The van der Waals surface area contributed by atoms with Crippen LogP contribution in [0.4, 0.5) is 0 Å². The van der Waals surface area contributed by atoms with Gasteiger partial charge in [-0.25, -0.2) is 8.42 Å². The van der Waals surface area contributed by atoms with E-state index in [1.807, 2.05) is 12.1 Å². The lowest BCUT2D eigenvalue weighted by atomic mass is 10.2. The summed E-state index contributed by atoms with van der Waals surface area (Å²) in [5.41, 5.74) is 4.90. The minimum atomic E-state index is -3.36. The highest BCUT2D eigenvalue weighted by Gasteiger charge is 2.25. The van der Waals surface area contributed by atoms with Gasteiger partial charge in [0, 0.05) is 19.5 Å². The molecule has 0 aromatic heterocycles. The maximum atomic E-state index is 12.3. The monoisotopic (exact) mass is 271 g/mol. The number of hydrogen-bond acceptors (Lipinski definition) is 3. The van der Waals surface area contributed by atoms with Gasteiger partial charge in [0.25, 0.3) is 0 Å². The summed E-state index contributed by atoms with van der Waals surface area (Å²) in [6, 6.07) is 7.07. The molecule has 1 fully saturated rings. The minimum Gasteiger partial charge on any atom is -0.379 e. The van der Waals surface area contributed by atoms with Gasteiger partial charge in [-0.2, -0.15) is 4.31 Å². The van der Waals surface area contributed by atoms with Crippen LogP contribution in [0.2, 0.25) is 0 Å². The zero-order valence-corrected chi connectivity index (χ0v) is 11.2. The average Bonchev–Trinajstić information content (AvgIpc) is 2.41. The molecule has 3 N–H and O–H groups in total. The molecule has 0 amide bonds. The van der Waals surface area contributed by atoms with Gasteiger partial charge in [-0.05, 0) is 17.7 Å². The molecular weight excluding hydrogens is 252 g/mol. The zero-order valence-electron chi connectivity index (χ0n) is 10.3. The molecular formula is C12H19N2O3S+. The number of rotatable bonds is 4. The van der Waals surface area contributed by atoms with E-state index in [1.165, 1.54) is 4.31 Å². The lowest BCUT2D eigenvalue weighted by Gasteiger charge is -2.26. The number of nitrogens with zero attached hydrogens (tertiary/aromatic N) is 1. The molecule has 5 nitrogen and oxygen atoms in total. The van der Waals surface area contributed by atoms with E-state index in [0.717, 1.165) is 18.5 Å². The summed E-state index contributed by atoms with van der Waals surface area (Å²) in [6.07, 6.45) is 0.873. The number of benzene rings is 1. The first kappa shape index (κ1) is 13.5. The van der Waals surface area contributed by atoms with Crippen molar-refractivity contribution in [3.05, 3.63) is 29.8 Å². The summed E-state index contributed by atoms with van der Waals surface area (Å²) < 4.78 is 31.3. The van der Waals surface area contributed by atoms with E-state index in [9.17, 15) is 8.42 Å². The summed E-state index contributed by atoms with van der Waals surface area (Å²) in [6.45, 7) is 2.62. The molecule has 0 saturated carbocycles. The molecule has 0 unspecified atom stereocenters. The predicted molar refractivity (Wildman–Crippen MR) is 67.5 cm³/mol. The van der Waals surface area contributed by atoms with Crippen molar-refractivity contribution in [1.82, 2.24) is 4.31 Å². The third-order valence-corrected chi connectivity index (χ3v) is 4.91.